The number of thiophene rings is 1. The molecule has 0 fully saturated rings. The van der Waals surface area contributed by atoms with Crippen LogP contribution < -0.4 is 16.0 Å². The Kier molecular flexibility index (Phi) is 5.53. The van der Waals surface area contributed by atoms with E-state index in [1.54, 1.807) is 6.20 Å². The molecule has 3 N–H and O–H groups in total. The molecule has 0 saturated heterocycles. The minimum absolute atomic E-state index is 0.0547. The van der Waals surface area contributed by atoms with Crippen molar-refractivity contribution < 1.29 is 4.79 Å². The van der Waals surface area contributed by atoms with Crippen molar-refractivity contribution in [3.8, 4) is 0 Å². The Balaban J connectivity index is 1.42. The lowest BCUT2D eigenvalue weighted by Crippen LogP contribution is -2.28. The lowest BCUT2D eigenvalue weighted by Gasteiger charge is -2.07. The van der Waals surface area contributed by atoms with Crippen LogP contribution in [0.4, 0.5) is 17.5 Å². The van der Waals surface area contributed by atoms with Crippen molar-refractivity contribution in [2.75, 3.05) is 23.7 Å². The van der Waals surface area contributed by atoms with E-state index in [9.17, 15) is 4.79 Å². The van der Waals surface area contributed by atoms with E-state index in [0.717, 1.165) is 10.4 Å². The lowest BCUT2D eigenvalue weighted by atomic mass is 10.3. The summed E-state index contributed by atoms with van der Waals surface area (Å²) in [6.07, 6.45) is 1.71. The highest BCUT2D eigenvalue weighted by molar-refractivity contribution is 7.12. The molecule has 0 unspecified atom stereocenters. The Bertz CT molecular complexity index is 819. The van der Waals surface area contributed by atoms with Gasteiger partial charge in [-0.05, 0) is 48.2 Å². The molecule has 3 heterocycles. The van der Waals surface area contributed by atoms with E-state index < -0.39 is 0 Å². The second-order valence-electron chi connectivity index (χ2n) is 5.31. The number of hydrogen-bond donors (Lipinski definition) is 3. The topological polar surface area (TPSA) is 91.8 Å². The fraction of sp³-hybridized carbons (Fsp3) is 0.176. The predicted molar refractivity (Wildman–Crippen MR) is 99.4 cm³/mol. The molecule has 8 heteroatoms. The van der Waals surface area contributed by atoms with Crippen molar-refractivity contribution in [1.82, 2.24) is 20.5 Å². The molecule has 3 rings (SSSR count). The summed E-state index contributed by atoms with van der Waals surface area (Å²) in [6.45, 7) is 3.04. The Morgan fingerprint density at radius 2 is 1.92 bits per heavy atom. The number of aryl methyl sites for hydroxylation is 1. The highest BCUT2D eigenvalue weighted by Crippen LogP contribution is 2.13. The van der Waals surface area contributed by atoms with Crippen molar-refractivity contribution in [1.29, 1.82) is 0 Å². The lowest BCUT2D eigenvalue weighted by molar-refractivity contribution is 0.0959. The largest absolute Gasteiger partial charge is 0.367 e. The second-order valence-corrected chi connectivity index (χ2v) is 6.23. The molecule has 3 aromatic heterocycles. The molecule has 3 aromatic rings. The van der Waals surface area contributed by atoms with Gasteiger partial charge in [0, 0.05) is 19.3 Å². The quantitative estimate of drug-likeness (QED) is 0.565. The van der Waals surface area contributed by atoms with Crippen LogP contribution in [0.3, 0.4) is 0 Å². The van der Waals surface area contributed by atoms with E-state index >= 15 is 0 Å². The Hall–Kier alpha value is -3.00. The third-order valence-electron chi connectivity index (χ3n) is 3.26. The molecule has 7 nitrogen and oxygen atoms in total. The van der Waals surface area contributed by atoms with E-state index in [-0.39, 0.29) is 5.91 Å². The Labute approximate surface area is 149 Å². The summed E-state index contributed by atoms with van der Waals surface area (Å²) < 4.78 is 0. The zero-order valence-corrected chi connectivity index (χ0v) is 14.5. The van der Waals surface area contributed by atoms with Gasteiger partial charge in [-0.15, -0.1) is 21.5 Å². The third-order valence-corrected chi connectivity index (χ3v) is 4.30. The summed E-state index contributed by atoms with van der Waals surface area (Å²) in [5.41, 5.74) is 1.10. The first kappa shape index (κ1) is 16.8. The van der Waals surface area contributed by atoms with Crippen LogP contribution in [0.5, 0.6) is 0 Å². The van der Waals surface area contributed by atoms with Crippen LogP contribution in [0.25, 0.3) is 0 Å². The summed E-state index contributed by atoms with van der Waals surface area (Å²) in [7, 11) is 0. The molecular weight excluding hydrogens is 336 g/mol. The third kappa shape index (κ3) is 4.98. The summed E-state index contributed by atoms with van der Waals surface area (Å²) in [4.78, 5) is 16.8. The number of anilines is 3. The summed E-state index contributed by atoms with van der Waals surface area (Å²) >= 11 is 1.45. The zero-order valence-electron chi connectivity index (χ0n) is 13.7. The molecule has 0 saturated carbocycles. The van der Waals surface area contributed by atoms with Gasteiger partial charge in [-0.25, -0.2) is 4.98 Å². The molecule has 25 heavy (non-hydrogen) atoms. The average molecular weight is 354 g/mol. The number of rotatable bonds is 7. The number of hydrogen-bond acceptors (Lipinski definition) is 7. The first-order valence-corrected chi connectivity index (χ1v) is 8.68. The van der Waals surface area contributed by atoms with Crippen LogP contribution >= 0.6 is 11.3 Å². The van der Waals surface area contributed by atoms with Crippen molar-refractivity contribution in [2.24, 2.45) is 0 Å². The van der Waals surface area contributed by atoms with Gasteiger partial charge in [-0.1, -0.05) is 6.07 Å². The predicted octanol–water partition coefficient (Wildman–Crippen LogP) is 2.83. The SMILES string of the molecule is Cc1csc(C(=O)NCCNc2ccc(Nc3ccccn3)nn2)c1. The highest BCUT2D eigenvalue weighted by Gasteiger charge is 2.06. The van der Waals surface area contributed by atoms with E-state index in [2.05, 4.69) is 31.1 Å². The zero-order chi connectivity index (χ0) is 17.5. The molecule has 0 atom stereocenters. The van der Waals surface area contributed by atoms with Crippen LogP contribution in [0.2, 0.25) is 0 Å². The summed E-state index contributed by atoms with van der Waals surface area (Å²) in [5.74, 6) is 1.92. The maximum absolute atomic E-state index is 11.9. The maximum atomic E-state index is 11.9. The first-order valence-electron chi connectivity index (χ1n) is 7.80. The van der Waals surface area contributed by atoms with E-state index in [1.807, 2.05) is 48.7 Å². The minimum Gasteiger partial charge on any atom is -0.367 e. The van der Waals surface area contributed by atoms with Gasteiger partial charge in [0.25, 0.3) is 5.91 Å². The maximum Gasteiger partial charge on any atom is 0.261 e. The summed E-state index contributed by atoms with van der Waals surface area (Å²) in [6, 6.07) is 11.1. The number of nitrogens with one attached hydrogen (secondary N) is 3. The Morgan fingerprint density at radius 1 is 1.08 bits per heavy atom. The molecule has 0 aromatic carbocycles. The van der Waals surface area contributed by atoms with Gasteiger partial charge in [0.15, 0.2) is 5.82 Å². The van der Waals surface area contributed by atoms with Crippen molar-refractivity contribution in [2.45, 2.75) is 6.92 Å². The first-order chi connectivity index (χ1) is 12.2. The molecule has 0 spiro atoms. The number of carbonyl (C=O) groups is 1. The van der Waals surface area contributed by atoms with Gasteiger partial charge in [0.1, 0.15) is 11.6 Å². The number of aromatic nitrogens is 3. The Morgan fingerprint density at radius 3 is 2.60 bits per heavy atom. The van der Waals surface area contributed by atoms with Gasteiger partial charge < -0.3 is 16.0 Å². The molecule has 0 bridgehead atoms. The van der Waals surface area contributed by atoms with Crippen LogP contribution in [-0.4, -0.2) is 34.2 Å². The normalized spacial score (nSPS) is 10.3. The molecule has 1 amide bonds. The van der Waals surface area contributed by atoms with E-state index in [1.165, 1.54) is 11.3 Å². The number of pyridine rings is 1. The van der Waals surface area contributed by atoms with Crippen molar-refractivity contribution >= 4 is 34.7 Å². The fourth-order valence-electron chi connectivity index (χ4n) is 2.07. The van der Waals surface area contributed by atoms with Crippen LogP contribution in [0.1, 0.15) is 15.2 Å². The minimum atomic E-state index is -0.0547. The number of nitrogens with zero attached hydrogens (tertiary/aromatic N) is 3. The van der Waals surface area contributed by atoms with Gasteiger partial charge >= 0.3 is 0 Å². The van der Waals surface area contributed by atoms with Crippen molar-refractivity contribution in [3.05, 3.63) is 58.4 Å². The summed E-state index contributed by atoms with van der Waals surface area (Å²) in [5, 5.41) is 19.2. The monoisotopic (exact) mass is 354 g/mol. The van der Waals surface area contributed by atoms with Crippen molar-refractivity contribution in [3.63, 3.8) is 0 Å². The average Bonchev–Trinajstić information content (AvgIpc) is 3.07. The molecule has 0 aliphatic rings. The van der Waals surface area contributed by atoms with Crippen LogP contribution in [-0.2, 0) is 0 Å². The standard InChI is InChI=1S/C17H18N6OS/c1-12-10-13(25-11-12)17(24)20-9-8-19-15-5-6-16(23-22-15)21-14-4-2-3-7-18-14/h2-7,10-11H,8-9H2,1H3,(H,19,22)(H,20,24)(H,18,21,23). The second kappa shape index (κ2) is 8.20. The van der Waals surface area contributed by atoms with Crippen LogP contribution in [0.15, 0.2) is 48.0 Å². The van der Waals surface area contributed by atoms with E-state index in [0.29, 0.717) is 30.5 Å². The smallest absolute Gasteiger partial charge is 0.261 e. The van der Waals surface area contributed by atoms with E-state index in [4.69, 9.17) is 0 Å². The van der Waals surface area contributed by atoms with Gasteiger partial charge in [0.2, 0.25) is 0 Å². The molecule has 0 aliphatic heterocycles. The molecule has 0 radical (unpaired) electrons. The fourth-order valence-corrected chi connectivity index (χ4v) is 2.88. The number of amides is 1. The molecule has 0 aliphatic carbocycles. The molecular formula is C17H18N6OS. The highest BCUT2D eigenvalue weighted by atomic mass is 32.1. The van der Waals surface area contributed by atoms with Gasteiger partial charge in [-0.3, -0.25) is 4.79 Å². The molecule has 128 valence electrons. The number of carbonyl (C=O) groups excluding carboxylic acids is 1. The van der Waals surface area contributed by atoms with Gasteiger partial charge in [0.05, 0.1) is 4.88 Å². The van der Waals surface area contributed by atoms with Gasteiger partial charge in [-0.2, -0.15) is 0 Å². The van der Waals surface area contributed by atoms with Crippen LogP contribution in [0, 0.1) is 6.92 Å².